The molecule has 1 unspecified atom stereocenters. The average Bonchev–Trinajstić information content (AvgIpc) is 3.26. The lowest BCUT2D eigenvalue weighted by Gasteiger charge is -2.23. The average molecular weight is 377 g/mol. The fourth-order valence-electron chi connectivity index (χ4n) is 3.81. The third kappa shape index (κ3) is 3.31. The summed E-state index contributed by atoms with van der Waals surface area (Å²) in [5.74, 6) is -0.305. The minimum Gasteiger partial charge on any atom is -0.365 e. The molecule has 1 aliphatic heterocycles. The van der Waals surface area contributed by atoms with Gasteiger partial charge < -0.3 is 16.0 Å². The summed E-state index contributed by atoms with van der Waals surface area (Å²) in [7, 11) is 0. The fourth-order valence-corrected chi connectivity index (χ4v) is 3.81. The van der Waals surface area contributed by atoms with Crippen molar-refractivity contribution in [1.29, 1.82) is 0 Å². The van der Waals surface area contributed by atoms with Crippen LogP contribution in [0.3, 0.4) is 0 Å². The molecule has 2 aliphatic rings. The summed E-state index contributed by atoms with van der Waals surface area (Å²) in [6, 6.07) is 11.9. The van der Waals surface area contributed by atoms with E-state index in [1.807, 2.05) is 6.92 Å². The summed E-state index contributed by atoms with van der Waals surface area (Å²) < 4.78 is 0. The summed E-state index contributed by atoms with van der Waals surface area (Å²) in [5, 5.41) is 9.47. The Morgan fingerprint density at radius 1 is 1.07 bits per heavy atom. The van der Waals surface area contributed by atoms with Gasteiger partial charge >= 0.3 is 0 Å². The number of benzene rings is 2. The van der Waals surface area contributed by atoms with Crippen LogP contribution in [0.1, 0.15) is 58.0 Å². The van der Waals surface area contributed by atoms with Gasteiger partial charge in [0.2, 0.25) is 5.91 Å². The van der Waals surface area contributed by atoms with Crippen molar-refractivity contribution in [2.75, 3.05) is 11.9 Å². The highest BCUT2D eigenvalue weighted by Crippen LogP contribution is 2.29. The third-order valence-corrected chi connectivity index (χ3v) is 5.37. The van der Waals surface area contributed by atoms with Gasteiger partial charge in [0.05, 0.1) is 12.2 Å². The highest BCUT2D eigenvalue weighted by molar-refractivity contribution is 6.28. The van der Waals surface area contributed by atoms with Crippen molar-refractivity contribution in [2.24, 2.45) is 0 Å². The lowest BCUT2D eigenvalue weighted by molar-refractivity contribution is -0.123. The summed E-state index contributed by atoms with van der Waals surface area (Å²) >= 11 is 0. The highest BCUT2D eigenvalue weighted by atomic mass is 16.2. The van der Waals surface area contributed by atoms with E-state index in [4.69, 9.17) is 0 Å². The molecule has 2 atom stereocenters. The van der Waals surface area contributed by atoms with Crippen LogP contribution in [0.4, 0.5) is 5.69 Å². The number of carbonyl (C=O) groups is 3. The molecule has 0 aromatic heterocycles. The Balaban J connectivity index is 1.54. The van der Waals surface area contributed by atoms with Crippen molar-refractivity contribution in [3.05, 3.63) is 64.7 Å². The predicted molar refractivity (Wildman–Crippen MR) is 107 cm³/mol. The molecule has 0 radical (unpaired) electrons. The smallest absolute Gasteiger partial charge is 0.238 e. The SMILES string of the molecule is CCC(NC(=O)[C@@H]1CCCN1)Nc1ccc2c(c1)C(=O)c1ccccc1C2=O. The first-order valence-electron chi connectivity index (χ1n) is 9.71. The monoisotopic (exact) mass is 377 g/mol. The zero-order chi connectivity index (χ0) is 19.7. The number of amides is 1. The molecule has 2 aromatic carbocycles. The first kappa shape index (κ1) is 18.4. The van der Waals surface area contributed by atoms with Crippen molar-refractivity contribution in [2.45, 2.75) is 38.4 Å². The van der Waals surface area contributed by atoms with Crippen LogP contribution in [-0.4, -0.2) is 36.2 Å². The second kappa shape index (κ2) is 7.56. The maximum atomic E-state index is 12.9. The maximum Gasteiger partial charge on any atom is 0.238 e. The second-order valence-corrected chi connectivity index (χ2v) is 7.23. The Bertz CT molecular complexity index is 948. The number of carbonyl (C=O) groups excluding carboxylic acids is 3. The van der Waals surface area contributed by atoms with E-state index in [1.54, 1.807) is 42.5 Å². The van der Waals surface area contributed by atoms with Crippen LogP contribution in [0.2, 0.25) is 0 Å². The number of rotatable bonds is 5. The Kier molecular flexibility index (Phi) is 4.96. The van der Waals surface area contributed by atoms with Gasteiger partial charge in [0.15, 0.2) is 11.6 Å². The van der Waals surface area contributed by atoms with E-state index in [0.29, 0.717) is 34.4 Å². The van der Waals surface area contributed by atoms with E-state index < -0.39 is 0 Å². The van der Waals surface area contributed by atoms with Crippen LogP contribution in [0, 0.1) is 0 Å². The predicted octanol–water partition coefficient (Wildman–Crippen LogP) is 2.48. The Morgan fingerprint density at radius 3 is 2.39 bits per heavy atom. The fraction of sp³-hybridized carbons (Fsp3) is 0.318. The number of fused-ring (bicyclic) bond motifs is 2. The number of nitrogens with one attached hydrogen (secondary N) is 3. The highest BCUT2D eigenvalue weighted by Gasteiger charge is 2.29. The quantitative estimate of drug-likeness (QED) is 0.595. The first-order chi connectivity index (χ1) is 13.6. The molecular formula is C22H23N3O3. The van der Waals surface area contributed by atoms with Crippen LogP contribution in [-0.2, 0) is 4.79 Å². The van der Waals surface area contributed by atoms with Crippen molar-refractivity contribution >= 4 is 23.2 Å². The van der Waals surface area contributed by atoms with Crippen LogP contribution in [0.5, 0.6) is 0 Å². The van der Waals surface area contributed by atoms with Gasteiger partial charge in [0, 0.05) is 27.9 Å². The molecule has 144 valence electrons. The summed E-state index contributed by atoms with van der Waals surface area (Å²) in [5.41, 5.74) is 2.40. The van der Waals surface area contributed by atoms with Crippen LogP contribution >= 0.6 is 0 Å². The first-order valence-corrected chi connectivity index (χ1v) is 9.71. The molecule has 1 saturated heterocycles. The van der Waals surface area contributed by atoms with Gasteiger partial charge in [-0.25, -0.2) is 0 Å². The lowest BCUT2D eigenvalue weighted by Crippen LogP contribution is -2.47. The van der Waals surface area contributed by atoms with E-state index in [2.05, 4.69) is 16.0 Å². The number of anilines is 1. The zero-order valence-corrected chi connectivity index (χ0v) is 15.7. The van der Waals surface area contributed by atoms with Gasteiger partial charge in [-0.15, -0.1) is 0 Å². The Morgan fingerprint density at radius 2 is 1.75 bits per heavy atom. The molecule has 4 rings (SSSR count). The largest absolute Gasteiger partial charge is 0.365 e. The molecule has 1 heterocycles. The third-order valence-electron chi connectivity index (χ3n) is 5.37. The van der Waals surface area contributed by atoms with Crippen LogP contribution in [0.25, 0.3) is 0 Å². The molecule has 0 bridgehead atoms. The molecule has 6 nitrogen and oxygen atoms in total. The molecule has 0 spiro atoms. The van der Waals surface area contributed by atoms with E-state index in [9.17, 15) is 14.4 Å². The van der Waals surface area contributed by atoms with Gasteiger partial charge in [0.1, 0.15) is 0 Å². The van der Waals surface area contributed by atoms with Crippen LogP contribution < -0.4 is 16.0 Å². The number of ketones is 2. The Labute approximate surface area is 163 Å². The molecule has 1 amide bonds. The zero-order valence-electron chi connectivity index (χ0n) is 15.7. The molecule has 1 aliphatic carbocycles. The van der Waals surface area contributed by atoms with Crippen molar-refractivity contribution < 1.29 is 14.4 Å². The standard InChI is InChI=1S/C22H23N3O3/c1-2-19(25-22(28)18-8-5-11-23-18)24-13-9-10-16-17(12-13)21(27)15-7-4-3-6-14(15)20(16)26/h3-4,6-7,9-10,12,18-19,23-24H,2,5,8,11H2,1H3,(H,25,28)/t18-,19?/m0/s1. The molecule has 3 N–H and O–H groups in total. The summed E-state index contributed by atoms with van der Waals surface area (Å²) in [6.07, 6.45) is 2.28. The second-order valence-electron chi connectivity index (χ2n) is 7.23. The molecule has 1 fully saturated rings. The Hall–Kier alpha value is -2.99. The summed E-state index contributed by atoms with van der Waals surface area (Å²) in [6.45, 7) is 2.84. The van der Waals surface area contributed by atoms with Crippen molar-refractivity contribution in [3.8, 4) is 0 Å². The normalized spacial score (nSPS) is 19.0. The van der Waals surface area contributed by atoms with Gasteiger partial charge in [0.25, 0.3) is 0 Å². The maximum absolute atomic E-state index is 12.9. The lowest BCUT2D eigenvalue weighted by atomic mass is 9.84. The summed E-state index contributed by atoms with van der Waals surface area (Å²) in [4.78, 5) is 37.9. The van der Waals surface area contributed by atoms with Gasteiger partial charge in [-0.2, -0.15) is 0 Å². The van der Waals surface area contributed by atoms with E-state index in [0.717, 1.165) is 19.4 Å². The number of hydrogen-bond acceptors (Lipinski definition) is 5. The minimum atomic E-state index is -0.255. The van der Waals surface area contributed by atoms with Gasteiger partial charge in [-0.3, -0.25) is 14.4 Å². The molecule has 6 heteroatoms. The molecule has 2 aromatic rings. The van der Waals surface area contributed by atoms with Crippen LogP contribution in [0.15, 0.2) is 42.5 Å². The number of hydrogen-bond donors (Lipinski definition) is 3. The van der Waals surface area contributed by atoms with Crippen molar-refractivity contribution in [1.82, 2.24) is 10.6 Å². The molecule has 0 saturated carbocycles. The molecule has 28 heavy (non-hydrogen) atoms. The topological polar surface area (TPSA) is 87.3 Å². The van der Waals surface area contributed by atoms with E-state index in [1.165, 1.54) is 0 Å². The van der Waals surface area contributed by atoms with E-state index >= 15 is 0 Å². The minimum absolute atomic E-state index is 0.0185. The molecular weight excluding hydrogens is 354 g/mol. The van der Waals surface area contributed by atoms with Gasteiger partial charge in [-0.05, 0) is 44.0 Å². The van der Waals surface area contributed by atoms with Crippen molar-refractivity contribution in [3.63, 3.8) is 0 Å². The van der Waals surface area contributed by atoms with Gasteiger partial charge in [-0.1, -0.05) is 31.2 Å². The van der Waals surface area contributed by atoms with E-state index in [-0.39, 0.29) is 29.7 Å².